The van der Waals surface area contributed by atoms with Gasteiger partial charge in [0, 0.05) is 0 Å². The number of phenols is 1. The summed E-state index contributed by atoms with van der Waals surface area (Å²) in [6.07, 6.45) is 0.723. The molecule has 0 radical (unpaired) electrons. The largest absolute Gasteiger partial charge is 0.508 e. The Morgan fingerprint density at radius 1 is 1.21 bits per heavy atom. The lowest BCUT2D eigenvalue weighted by Gasteiger charge is -2.12. The van der Waals surface area contributed by atoms with E-state index in [1.165, 1.54) is 7.11 Å². The molecule has 2 rings (SSSR count). The van der Waals surface area contributed by atoms with E-state index in [-0.39, 0.29) is 12.4 Å². The normalized spacial score (nSPS) is 9.95. The van der Waals surface area contributed by atoms with E-state index in [1.807, 2.05) is 6.07 Å². The third-order valence-electron chi connectivity index (χ3n) is 2.65. The zero-order valence-electron chi connectivity index (χ0n) is 10.5. The number of methoxy groups -OCH3 is 1. The smallest absolute Gasteiger partial charge is 0.172 e. The second kappa shape index (κ2) is 5.91. The van der Waals surface area contributed by atoms with Crippen LogP contribution in [0, 0.1) is 0 Å². The molecule has 98 valence electrons. The van der Waals surface area contributed by atoms with E-state index in [0.29, 0.717) is 17.1 Å². The number of para-hydroxylation sites is 1. The highest BCUT2D eigenvalue weighted by Gasteiger charge is 2.10. The van der Waals surface area contributed by atoms with Crippen molar-refractivity contribution in [3.8, 4) is 17.2 Å². The predicted molar refractivity (Wildman–Crippen MR) is 70.8 cm³/mol. The number of hydrogen-bond acceptors (Lipinski definition) is 4. The van der Waals surface area contributed by atoms with Gasteiger partial charge in [0.15, 0.2) is 17.8 Å². The molecule has 0 bridgehead atoms. The van der Waals surface area contributed by atoms with Crippen LogP contribution in [-0.2, 0) is 6.61 Å². The summed E-state index contributed by atoms with van der Waals surface area (Å²) in [5, 5.41) is 9.38. The van der Waals surface area contributed by atoms with Gasteiger partial charge in [0.2, 0.25) is 0 Å². The molecule has 2 aromatic rings. The first-order valence-electron chi connectivity index (χ1n) is 5.77. The average Bonchev–Trinajstić information content (AvgIpc) is 2.44. The van der Waals surface area contributed by atoms with Crippen molar-refractivity contribution in [3.05, 3.63) is 53.6 Å². The van der Waals surface area contributed by atoms with Gasteiger partial charge < -0.3 is 14.6 Å². The first-order valence-corrected chi connectivity index (χ1v) is 5.77. The molecule has 0 unspecified atom stereocenters. The number of ether oxygens (including phenoxy) is 2. The number of carbonyl (C=O) groups excluding carboxylic acids is 1. The van der Waals surface area contributed by atoms with E-state index in [1.54, 1.807) is 36.4 Å². The van der Waals surface area contributed by atoms with Crippen molar-refractivity contribution in [1.29, 1.82) is 0 Å². The van der Waals surface area contributed by atoms with Crippen LogP contribution in [0.3, 0.4) is 0 Å². The number of aldehydes is 1. The Kier molecular flexibility index (Phi) is 4.03. The highest BCUT2D eigenvalue weighted by atomic mass is 16.5. The van der Waals surface area contributed by atoms with Gasteiger partial charge in [-0.2, -0.15) is 0 Å². The molecule has 4 nitrogen and oxygen atoms in total. The fourth-order valence-corrected chi connectivity index (χ4v) is 1.74. The number of phenolic OH excluding ortho intramolecular Hbond substituents is 1. The molecular formula is C15H14O4. The van der Waals surface area contributed by atoms with Crippen LogP contribution in [-0.4, -0.2) is 18.5 Å². The Balaban J connectivity index is 2.21. The van der Waals surface area contributed by atoms with E-state index in [2.05, 4.69) is 0 Å². The number of hydrogen-bond donors (Lipinski definition) is 1. The lowest BCUT2D eigenvalue weighted by Crippen LogP contribution is -2.00. The third-order valence-corrected chi connectivity index (χ3v) is 2.65. The van der Waals surface area contributed by atoms with Crippen molar-refractivity contribution in [2.75, 3.05) is 7.11 Å². The number of rotatable bonds is 5. The van der Waals surface area contributed by atoms with Crippen LogP contribution in [0.1, 0.15) is 15.9 Å². The van der Waals surface area contributed by atoms with Gasteiger partial charge in [-0.25, -0.2) is 0 Å². The van der Waals surface area contributed by atoms with Gasteiger partial charge in [0.1, 0.15) is 12.4 Å². The highest BCUT2D eigenvalue weighted by Crippen LogP contribution is 2.30. The highest BCUT2D eigenvalue weighted by molar-refractivity contribution is 5.81. The Labute approximate surface area is 111 Å². The van der Waals surface area contributed by atoms with Gasteiger partial charge in [-0.05, 0) is 29.8 Å². The fraction of sp³-hybridized carbons (Fsp3) is 0.133. The summed E-state index contributed by atoms with van der Waals surface area (Å²) < 4.78 is 10.8. The summed E-state index contributed by atoms with van der Waals surface area (Å²) in [4.78, 5) is 11.0. The van der Waals surface area contributed by atoms with Gasteiger partial charge in [-0.15, -0.1) is 0 Å². The zero-order chi connectivity index (χ0) is 13.7. The Hall–Kier alpha value is -2.49. The summed E-state index contributed by atoms with van der Waals surface area (Å²) in [6.45, 7) is 0.246. The molecule has 0 aliphatic heterocycles. The molecule has 4 heteroatoms. The molecule has 0 fully saturated rings. The fourth-order valence-electron chi connectivity index (χ4n) is 1.74. The second-order valence-corrected chi connectivity index (χ2v) is 3.96. The number of benzene rings is 2. The first-order chi connectivity index (χ1) is 9.24. The average molecular weight is 258 g/mol. The maximum Gasteiger partial charge on any atom is 0.172 e. The molecule has 0 heterocycles. The third kappa shape index (κ3) is 3.04. The quantitative estimate of drug-likeness (QED) is 0.838. The van der Waals surface area contributed by atoms with Crippen molar-refractivity contribution in [2.24, 2.45) is 0 Å². The summed E-state index contributed by atoms with van der Waals surface area (Å²) >= 11 is 0. The Morgan fingerprint density at radius 3 is 2.68 bits per heavy atom. The SMILES string of the molecule is COc1cccc(C=O)c1OCc1cccc(O)c1. The number of aromatic hydroxyl groups is 1. The monoisotopic (exact) mass is 258 g/mol. The maximum atomic E-state index is 11.0. The molecule has 0 saturated carbocycles. The van der Waals surface area contributed by atoms with Crippen LogP contribution in [0.4, 0.5) is 0 Å². The molecule has 0 aromatic heterocycles. The van der Waals surface area contributed by atoms with E-state index < -0.39 is 0 Å². The molecule has 1 N–H and O–H groups in total. The van der Waals surface area contributed by atoms with Crippen molar-refractivity contribution < 1.29 is 19.4 Å². The molecule has 0 aliphatic rings. The maximum absolute atomic E-state index is 11.0. The van der Waals surface area contributed by atoms with Crippen LogP contribution >= 0.6 is 0 Å². The minimum Gasteiger partial charge on any atom is -0.508 e. The van der Waals surface area contributed by atoms with Crippen LogP contribution < -0.4 is 9.47 Å². The molecule has 0 spiro atoms. The molecular weight excluding hydrogens is 244 g/mol. The van der Waals surface area contributed by atoms with Crippen LogP contribution in [0.2, 0.25) is 0 Å². The van der Waals surface area contributed by atoms with E-state index in [4.69, 9.17) is 9.47 Å². The van der Waals surface area contributed by atoms with Crippen LogP contribution in [0.25, 0.3) is 0 Å². The summed E-state index contributed by atoms with van der Waals surface area (Å²) in [5.74, 6) is 1.09. The minimum absolute atomic E-state index is 0.178. The molecule has 0 aliphatic carbocycles. The van der Waals surface area contributed by atoms with E-state index in [0.717, 1.165) is 11.8 Å². The van der Waals surface area contributed by atoms with Crippen molar-refractivity contribution >= 4 is 6.29 Å². The second-order valence-electron chi connectivity index (χ2n) is 3.96. The lowest BCUT2D eigenvalue weighted by atomic mass is 10.2. The van der Waals surface area contributed by atoms with Crippen molar-refractivity contribution in [1.82, 2.24) is 0 Å². The van der Waals surface area contributed by atoms with Gasteiger partial charge in [-0.3, -0.25) is 4.79 Å². The molecule has 0 amide bonds. The lowest BCUT2D eigenvalue weighted by molar-refractivity contribution is 0.111. The topological polar surface area (TPSA) is 55.8 Å². The van der Waals surface area contributed by atoms with Gasteiger partial charge in [-0.1, -0.05) is 18.2 Å². The Bertz CT molecular complexity index is 578. The first kappa shape index (κ1) is 13.0. The van der Waals surface area contributed by atoms with E-state index in [9.17, 15) is 9.90 Å². The van der Waals surface area contributed by atoms with E-state index >= 15 is 0 Å². The standard InChI is InChI=1S/C15H14O4/c1-18-14-7-3-5-12(9-16)15(14)19-10-11-4-2-6-13(17)8-11/h2-9,17H,10H2,1H3. The van der Waals surface area contributed by atoms with Crippen LogP contribution in [0.5, 0.6) is 17.2 Å². The molecule has 19 heavy (non-hydrogen) atoms. The number of carbonyl (C=O) groups is 1. The summed E-state index contributed by atoms with van der Waals surface area (Å²) in [5.41, 5.74) is 1.24. The van der Waals surface area contributed by atoms with Gasteiger partial charge in [0.05, 0.1) is 12.7 Å². The van der Waals surface area contributed by atoms with Crippen molar-refractivity contribution in [2.45, 2.75) is 6.61 Å². The zero-order valence-corrected chi connectivity index (χ0v) is 10.5. The predicted octanol–water partition coefficient (Wildman–Crippen LogP) is 2.79. The summed E-state index contributed by atoms with van der Waals surface area (Å²) in [6, 6.07) is 11.9. The van der Waals surface area contributed by atoms with Gasteiger partial charge in [0.25, 0.3) is 0 Å². The molecule has 0 atom stereocenters. The Morgan fingerprint density at radius 2 is 2.00 bits per heavy atom. The van der Waals surface area contributed by atoms with Crippen LogP contribution in [0.15, 0.2) is 42.5 Å². The summed E-state index contributed by atoms with van der Waals surface area (Å²) in [7, 11) is 1.52. The molecule has 2 aromatic carbocycles. The minimum atomic E-state index is 0.178. The van der Waals surface area contributed by atoms with Crippen molar-refractivity contribution in [3.63, 3.8) is 0 Å². The van der Waals surface area contributed by atoms with Gasteiger partial charge >= 0.3 is 0 Å². The molecule has 0 saturated heterocycles.